The molecule has 0 saturated heterocycles. The maximum atomic E-state index is 12.6. The van der Waals surface area contributed by atoms with Crippen molar-refractivity contribution in [1.82, 2.24) is 20.5 Å². The van der Waals surface area contributed by atoms with Gasteiger partial charge in [-0.15, -0.1) is 0 Å². The largest absolute Gasteiger partial charge is 0.357 e. The zero-order chi connectivity index (χ0) is 20.2. The summed E-state index contributed by atoms with van der Waals surface area (Å²) in [5.41, 5.74) is 2.20. The number of halogens is 1. The van der Waals surface area contributed by atoms with Crippen LogP contribution in [-0.4, -0.2) is 47.9 Å². The van der Waals surface area contributed by atoms with Crippen LogP contribution in [0.3, 0.4) is 0 Å². The fourth-order valence-corrected chi connectivity index (χ4v) is 2.76. The van der Waals surface area contributed by atoms with E-state index in [1.54, 1.807) is 12.3 Å². The number of carbonyl (C=O) groups is 1. The Morgan fingerprint density at radius 3 is 2.54 bits per heavy atom. The van der Waals surface area contributed by atoms with Gasteiger partial charge in [0.2, 0.25) is 5.91 Å². The van der Waals surface area contributed by atoms with Crippen molar-refractivity contribution in [2.75, 3.05) is 26.2 Å². The van der Waals surface area contributed by atoms with Gasteiger partial charge in [-0.25, -0.2) is 9.98 Å². The Kier molecular flexibility index (Phi) is 9.28. The minimum Gasteiger partial charge on any atom is -0.357 e. The van der Waals surface area contributed by atoms with Gasteiger partial charge in [-0.1, -0.05) is 48.0 Å². The summed E-state index contributed by atoms with van der Waals surface area (Å²) < 4.78 is 0. The van der Waals surface area contributed by atoms with Crippen molar-refractivity contribution in [3.8, 4) is 0 Å². The van der Waals surface area contributed by atoms with Crippen molar-refractivity contribution in [2.24, 2.45) is 4.99 Å². The van der Waals surface area contributed by atoms with Gasteiger partial charge in [0.1, 0.15) is 11.7 Å². The molecule has 1 aromatic carbocycles. The number of amides is 1. The van der Waals surface area contributed by atoms with Crippen molar-refractivity contribution >= 4 is 23.5 Å². The Hall–Kier alpha value is -2.60. The molecule has 28 heavy (non-hydrogen) atoms. The molecule has 2 aromatic rings. The van der Waals surface area contributed by atoms with Gasteiger partial charge >= 0.3 is 0 Å². The summed E-state index contributed by atoms with van der Waals surface area (Å²) in [5, 5.41) is 6.91. The average Bonchev–Trinajstić information content (AvgIpc) is 2.72. The molecule has 7 heteroatoms. The lowest BCUT2D eigenvalue weighted by Gasteiger charge is -2.20. The number of hydrogen-bond acceptors (Lipinski definition) is 3. The van der Waals surface area contributed by atoms with Crippen LogP contribution in [0.5, 0.6) is 0 Å². The first-order valence-corrected chi connectivity index (χ1v) is 9.94. The third kappa shape index (κ3) is 7.56. The summed E-state index contributed by atoms with van der Waals surface area (Å²) in [4.78, 5) is 22.9. The van der Waals surface area contributed by atoms with Crippen LogP contribution in [0.4, 0.5) is 0 Å². The molecule has 2 N–H and O–H groups in total. The number of rotatable bonds is 9. The molecule has 0 radical (unpaired) electrons. The fourth-order valence-electron chi connectivity index (χ4n) is 2.65. The maximum Gasteiger partial charge on any atom is 0.244 e. The fraction of sp³-hybridized carbons (Fsp3) is 0.381. The van der Waals surface area contributed by atoms with E-state index in [2.05, 4.69) is 20.6 Å². The van der Waals surface area contributed by atoms with Crippen LogP contribution in [0.15, 0.2) is 53.7 Å². The molecule has 2 rings (SSSR count). The molecule has 0 aliphatic carbocycles. The van der Waals surface area contributed by atoms with Crippen LogP contribution < -0.4 is 10.6 Å². The van der Waals surface area contributed by atoms with Crippen molar-refractivity contribution < 1.29 is 4.79 Å². The van der Waals surface area contributed by atoms with E-state index in [0.717, 1.165) is 24.1 Å². The zero-order valence-electron chi connectivity index (χ0n) is 16.5. The molecule has 0 saturated carbocycles. The molecule has 0 aliphatic heterocycles. The van der Waals surface area contributed by atoms with Gasteiger partial charge in [0.15, 0.2) is 5.96 Å². The number of likely N-dealkylation sites (N-methyl/N-ethyl adjacent to an activating group) is 1. The number of aromatic nitrogens is 1. The summed E-state index contributed by atoms with van der Waals surface area (Å²) in [6, 6.07) is 13.7. The SMILES string of the molecule is CCNC(=NCC(=O)N(CC)Cc1ccccc1)NCCc1ccc(Cl)nc1. The van der Waals surface area contributed by atoms with Gasteiger partial charge in [0.25, 0.3) is 0 Å². The van der Waals surface area contributed by atoms with Crippen LogP contribution >= 0.6 is 11.6 Å². The van der Waals surface area contributed by atoms with E-state index in [1.165, 1.54) is 0 Å². The summed E-state index contributed by atoms with van der Waals surface area (Å²) in [6.45, 7) is 6.74. The Morgan fingerprint density at radius 2 is 1.89 bits per heavy atom. The molecular weight excluding hydrogens is 374 g/mol. The predicted octanol–water partition coefficient (Wildman–Crippen LogP) is 2.88. The third-order valence-corrected chi connectivity index (χ3v) is 4.39. The number of hydrogen-bond donors (Lipinski definition) is 2. The van der Waals surface area contributed by atoms with Crippen molar-refractivity contribution in [3.63, 3.8) is 0 Å². The minimum atomic E-state index is 0.00505. The van der Waals surface area contributed by atoms with Gasteiger partial charge < -0.3 is 15.5 Å². The van der Waals surface area contributed by atoms with Crippen LogP contribution in [0.25, 0.3) is 0 Å². The molecule has 0 unspecified atom stereocenters. The number of carbonyl (C=O) groups excluding carboxylic acids is 1. The third-order valence-electron chi connectivity index (χ3n) is 4.16. The Bertz CT molecular complexity index is 749. The molecule has 0 aliphatic rings. The lowest BCUT2D eigenvalue weighted by molar-refractivity contribution is -0.130. The smallest absolute Gasteiger partial charge is 0.244 e. The van der Waals surface area contributed by atoms with E-state index in [1.807, 2.05) is 55.1 Å². The highest BCUT2D eigenvalue weighted by molar-refractivity contribution is 6.29. The second-order valence-corrected chi connectivity index (χ2v) is 6.64. The number of guanidine groups is 1. The maximum absolute atomic E-state index is 12.6. The van der Waals surface area contributed by atoms with E-state index < -0.39 is 0 Å². The van der Waals surface area contributed by atoms with Gasteiger partial charge in [0.05, 0.1) is 0 Å². The topological polar surface area (TPSA) is 69.6 Å². The van der Waals surface area contributed by atoms with Gasteiger partial charge in [-0.2, -0.15) is 0 Å². The predicted molar refractivity (Wildman–Crippen MR) is 114 cm³/mol. The average molecular weight is 402 g/mol. The molecule has 6 nitrogen and oxygen atoms in total. The van der Waals surface area contributed by atoms with Crippen molar-refractivity contribution in [2.45, 2.75) is 26.8 Å². The number of aliphatic imine (C=N–C) groups is 1. The normalized spacial score (nSPS) is 11.2. The molecule has 150 valence electrons. The number of nitrogens with zero attached hydrogens (tertiary/aromatic N) is 3. The first-order valence-electron chi connectivity index (χ1n) is 9.56. The lowest BCUT2D eigenvalue weighted by Crippen LogP contribution is -2.40. The lowest BCUT2D eigenvalue weighted by atomic mass is 10.2. The highest BCUT2D eigenvalue weighted by Crippen LogP contribution is 2.06. The summed E-state index contributed by atoms with van der Waals surface area (Å²) in [5.74, 6) is 0.638. The first-order chi connectivity index (χ1) is 13.6. The van der Waals surface area contributed by atoms with Crippen LogP contribution in [0.1, 0.15) is 25.0 Å². The standard InChI is InChI=1S/C21H28ClN5O/c1-3-23-21(24-13-12-17-10-11-19(22)25-14-17)26-15-20(28)27(4-2)16-18-8-6-5-7-9-18/h5-11,14H,3-4,12-13,15-16H2,1-2H3,(H2,23,24,26). The van der Waals surface area contributed by atoms with Crippen LogP contribution in [0.2, 0.25) is 5.15 Å². The number of benzene rings is 1. The molecule has 1 amide bonds. The number of nitrogens with one attached hydrogen (secondary N) is 2. The molecular formula is C21H28ClN5O. The van der Waals surface area contributed by atoms with E-state index >= 15 is 0 Å². The summed E-state index contributed by atoms with van der Waals surface area (Å²) in [6.07, 6.45) is 2.55. The highest BCUT2D eigenvalue weighted by atomic mass is 35.5. The van der Waals surface area contributed by atoms with Gasteiger partial charge in [0, 0.05) is 32.4 Å². The molecule has 0 atom stereocenters. The van der Waals surface area contributed by atoms with Crippen molar-refractivity contribution in [3.05, 3.63) is 64.9 Å². The van der Waals surface area contributed by atoms with Gasteiger partial charge in [-0.3, -0.25) is 4.79 Å². The van der Waals surface area contributed by atoms with E-state index in [0.29, 0.717) is 30.7 Å². The zero-order valence-corrected chi connectivity index (χ0v) is 17.2. The quantitative estimate of drug-likeness (QED) is 0.385. The molecule has 0 bridgehead atoms. The van der Waals surface area contributed by atoms with E-state index in [9.17, 15) is 4.79 Å². The number of pyridine rings is 1. The summed E-state index contributed by atoms with van der Waals surface area (Å²) in [7, 11) is 0. The second kappa shape index (κ2) is 12.0. The molecule has 1 heterocycles. The summed E-state index contributed by atoms with van der Waals surface area (Å²) >= 11 is 5.81. The molecule has 1 aromatic heterocycles. The van der Waals surface area contributed by atoms with Gasteiger partial charge in [-0.05, 0) is 37.5 Å². The molecule has 0 spiro atoms. The van der Waals surface area contributed by atoms with E-state index in [-0.39, 0.29) is 12.5 Å². The first kappa shape index (κ1) is 21.7. The van der Waals surface area contributed by atoms with Crippen molar-refractivity contribution in [1.29, 1.82) is 0 Å². The van der Waals surface area contributed by atoms with Crippen LogP contribution in [0, 0.1) is 0 Å². The Morgan fingerprint density at radius 1 is 1.11 bits per heavy atom. The molecule has 0 fully saturated rings. The monoisotopic (exact) mass is 401 g/mol. The Balaban J connectivity index is 1.86. The second-order valence-electron chi connectivity index (χ2n) is 6.25. The Labute approximate surface area is 172 Å². The van der Waals surface area contributed by atoms with Crippen LogP contribution in [-0.2, 0) is 17.8 Å². The highest BCUT2D eigenvalue weighted by Gasteiger charge is 2.12. The minimum absolute atomic E-state index is 0.00505. The van der Waals surface area contributed by atoms with E-state index in [4.69, 9.17) is 11.6 Å².